The zero-order chi connectivity index (χ0) is 13.5. The molecular weight excluding hydrogens is 279 g/mol. The molecule has 0 amide bonds. The Balaban J connectivity index is 2.60. The predicted molar refractivity (Wildman–Crippen MR) is 67.3 cm³/mol. The van der Waals surface area contributed by atoms with Crippen molar-refractivity contribution in [3.05, 3.63) is 27.7 Å². The summed E-state index contributed by atoms with van der Waals surface area (Å²) in [7, 11) is 0. The minimum absolute atomic E-state index is 0.159. The minimum atomic E-state index is -1.55. The number of carbonyl (C=O) groups is 1. The van der Waals surface area contributed by atoms with E-state index in [4.69, 9.17) is 33.0 Å². The van der Waals surface area contributed by atoms with Gasteiger partial charge in [0, 0.05) is 12.0 Å². The molecule has 1 aliphatic rings. The molecule has 1 aliphatic heterocycles. The first-order chi connectivity index (χ1) is 8.33. The summed E-state index contributed by atoms with van der Waals surface area (Å²) >= 11 is 12.0. The van der Waals surface area contributed by atoms with Crippen LogP contribution in [0.15, 0.2) is 12.1 Å². The van der Waals surface area contributed by atoms with Gasteiger partial charge in [0.25, 0.3) is 0 Å². The average molecular weight is 291 g/mol. The lowest BCUT2D eigenvalue weighted by atomic mass is 9.83. The van der Waals surface area contributed by atoms with E-state index >= 15 is 0 Å². The van der Waals surface area contributed by atoms with Crippen molar-refractivity contribution in [2.45, 2.75) is 31.5 Å². The van der Waals surface area contributed by atoms with Crippen molar-refractivity contribution < 1.29 is 19.7 Å². The van der Waals surface area contributed by atoms with Crippen LogP contribution in [0.4, 0.5) is 0 Å². The molecule has 1 heterocycles. The van der Waals surface area contributed by atoms with E-state index in [1.165, 1.54) is 6.07 Å². The van der Waals surface area contributed by atoms with Crippen LogP contribution in [-0.2, 0) is 10.4 Å². The summed E-state index contributed by atoms with van der Waals surface area (Å²) in [6.07, 6.45) is -0.613. The standard InChI is InChI=1S/C12H12Cl2O4/c1-6-4-12(17,5-9(15)16)10-7(13)2-3-8(14)11(10)18-6/h2-3,6,17H,4-5H2,1H3,(H,15,16)/t6-,12-/m1/s1. The third kappa shape index (κ3) is 2.28. The molecule has 4 nitrogen and oxygen atoms in total. The Kier molecular flexibility index (Phi) is 3.45. The fourth-order valence-corrected chi connectivity index (χ4v) is 2.84. The highest BCUT2D eigenvalue weighted by molar-refractivity contribution is 6.35. The third-order valence-electron chi connectivity index (χ3n) is 2.91. The lowest BCUT2D eigenvalue weighted by Crippen LogP contribution is -2.39. The average Bonchev–Trinajstić information content (AvgIpc) is 2.20. The number of hydrogen-bond acceptors (Lipinski definition) is 3. The van der Waals surface area contributed by atoms with Gasteiger partial charge in [-0.25, -0.2) is 0 Å². The Bertz CT molecular complexity index is 503. The summed E-state index contributed by atoms with van der Waals surface area (Å²) in [4.78, 5) is 10.9. The molecule has 0 spiro atoms. The molecule has 0 radical (unpaired) electrons. The fourth-order valence-electron chi connectivity index (χ4n) is 2.31. The lowest BCUT2D eigenvalue weighted by molar-refractivity contribution is -0.145. The Hall–Kier alpha value is -0.970. The minimum Gasteiger partial charge on any atom is -0.489 e. The SMILES string of the molecule is C[C@@H]1C[C@@](O)(CC(=O)O)c2c(Cl)ccc(Cl)c2O1. The summed E-state index contributed by atoms with van der Waals surface area (Å²) in [5.74, 6) is -0.833. The zero-order valence-electron chi connectivity index (χ0n) is 9.61. The topological polar surface area (TPSA) is 66.8 Å². The molecule has 0 fully saturated rings. The normalized spacial score (nSPS) is 26.3. The molecule has 0 saturated carbocycles. The molecule has 6 heteroatoms. The number of aliphatic hydroxyl groups is 1. The quantitative estimate of drug-likeness (QED) is 0.879. The van der Waals surface area contributed by atoms with Gasteiger partial charge in [-0.3, -0.25) is 4.79 Å². The molecule has 0 aliphatic carbocycles. The highest BCUT2D eigenvalue weighted by Gasteiger charge is 2.43. The predicted octanol–water partition coefficient (Wildman–Crippen LogP) is 2.83. The monoisotopic (exact) mass is 290 g/mol. The van der Waals surface area contributed by atoms with Gasteiger partial charge >= 0.3 is 5.97 Å². The molecule has 98 valence electrons. The van der Waals surface area contributed by atoms with Gasteiger partial charge in [0.2, 0.25) is 0 Å². The van der Waals surface area contributed by atoms with E-state index < -0.39 is 18.0 Å². The highest BCUT2D eigenvalue weighted by atomic mass is 35.5. The molecular formula is C12H12Cl2O4. The van der Waals surface area contributed by atoms with Crippen LogP contribution in [0.5, 0.6) is 5.75 Å². The molecule has 2 atom stereocenters. The molecule has 0 unspecified atom stereocenters. The smallest absolute Gasteiger partial charge is 0.306 e. The molecule has 2 rings (SSSR count). The van der Waals surface area contributed by atoms with Gasteiger partial charge in [0.05, 0.1) is 22.6 Å². The van der Waals surface area contributed by atoms with E-state index in [1.807, 2.05) is 0 Å². The van der Waals surface area contributed by atoms with E-state index in [0.717, 1.165) is 0 Å². The summed E-state index contributed by atoms with van der Waals surface area (Å²) in [6.45, 7) is 1.74. The first-order valence-corrected chi connectivity index (χ1v) is 6.18. The second kappa shape index (κ2) is 4.61. The maximum atomic E-state index is 10.9. The van der Waals surface area contributed by atoms with Crippen LogP contribution in [0.1, 0.15) is 25.3 Å². The van der Waals surface area contributed by atoms with E-state index in [0.29, 0.717) is 5.02 Å². The number of fused-ring (bicyclic) bond motifs is 1. The number of aliphatic carboxylic acids is 1. The Morgan fingerprint density at radius 3 is 2.72 bits per heavy atom. The van der Waals surface area contributed by atoms with Crippen LogP contribution in [0.25, 0.3) is 0 Å². The summed E-state index contributed by atoms with van der Waals surface area (Å²) in [5.41, 5.74) is -1.29. The van der Waals surface area contributed by atoms with Crippen molar-refractivity contribution in [1.82, 2.24) is 0 Å². The summed E-state index contributed by atoms with van der Waals surface area (Å²) in [6, 6.07) is 3.08. The second-order valence-electron chi connectivity index (χ2n) is 4.47. The number of carboxylic acids is 1. The van der Waals surface area contributed by atoms with Gasteiger partial charge in [-0.2, -0.15) is 0 Å². The highest BCUT2D eigenvalue weighted by Crippen LogP contribution is 2.48. The molecule has 1 aromatic rings. The van der Waals surface area contributed by atoms with Crippen molar-refractivity contribution in [3.63, 3.8) is 0 Å². The first-order valence-electron chi connectivity index (χ1n) is 5.43. The van der Waals surface area contributed by atoms with Crippen LogP contribution in [0.3, 0.4) is 0 Å². The molecule has 0 saturated heterocycles. The number of halogens is 2. The zero-order valence-corrected chi connectivity index (χ0v) is 11.1. The maximum absolute atomic E-state index is 10.9. The van der Waals surface area contributed by atoms with E-state index in [1.54, 1.807) is 13.0 Å². The van der Waals surface area contributed by atoms with E-state index in [-0.39, 0.29) is 28.9 Å². The first kappa shape index (κ1) is 13.5. The van der Waals surface area contributed by atoms with Gasteiger partial charge in [-0.1, -0.05) is 23.2 Å². The van der Waals surface area contributed by atoms with Crippen molar-refractivity contribution in [1.29, 1.82) is 0 Å². The Labute approximate surface area is 114 Å². The Morgan fingerprint density at radius 2 is 2.11 bits per heavy atom. The summed E-state index contributed by atoms with van der Waals surface area (Å²) < 4.78 is 5.55. The van der Waals surface area contributed by atoms with Gasteiger partial charge in [0.15, 0.2) is 0 Å². The van der Waals surface area contributed by atoms with E-state index in [9.17, 15) is 9.90 Å². The van der Waals surface area contributed by atoms with Gasteiger partial charge in [0.1, 0.15) is 11.4 Å². The number of rotatable bonds is 2. The van der Waals surface area contributed by atoms with E-state index in [2.05, 4.69) is 0 Å². The molecule has 2 N–H and O–H groups in total. The van der Waals surface area contributed by atoms with Crippen LogP contribution in [0.2, 0.25) is 10.0 Å². The second-order valence-corrected chi connectivity index (χ2v) is 5.28. The van der Waals surface area contributed by atoms with Crippen molar-refractivity contribution in [3.8, 4) is 5.75 Å². The maximum Gasteiger partial charge on any atom is 0.306 e. The molecule has 0 aromatic heterocycles. The van der Waals surface area contributed by atoms with Crippen LogP contribution >= 0.6 is 23.2 Å². The third-order valence-corrected chi connectivity index (χ3v) is 3.52. The summed E-state index contributed by atoms with van der Waals surface area (Å²) in [5, 5.41) is 20.1. The molecule has 0 bridgehead atoms. The van der Waals surface area contributed by atoms with Gasteiger partial charge in [-0.15, -0.1) is 0 Å². The number of carboxylic acid groups (broad SMARTS) is 1. The number of benzene rings is 1. The van der Waals surface area contributed by atoms with Crippen LogP contribution in [0, 0.1) is 0 Å². The fraction of sp³-hybridized carbons (Fsp3) is 0.417. The molecule has 18 heavy (non-hydrogen) atoms. The largest absolute Gasteiger partial charge is 0.489 e. The van der Waals surface area contributed by atoms with Crippen molar-refractivity contribution >= 4 is 29.2 Å². The van der Waals surface area contributed by atoms with Gasteiger partial charge < -0.3 is 14.9 Å². The Morgan fingerprint density at radius 1 is 1.50 bits per heavy atom. The molecule has 1 aromatic carbocycles. The number of ether oxygens (including phenoxy) is 1. The van der Waals surface area contributed by atoms with Gasteiger partial charge in [-0.05, 0) is 19.1 Å². The van der Waals surface area contributed by atoms with Crippen molar-refractivity contribution in [2.24, 2.45) is 0 Å². The number of hydrogen-bond donors (Lipinski definition) is 2. The van der Waals surface area contributed by atoms with Crippen LogP contribution < -0.4 is 4.74 Å². The van der Waals surface area contributed by atoms with Crippen LogP contribution in [-0.4, -0.2) is 22.3 Å². The lowest BCUT2D eigenvalue weighted by Gasteiger charge is -2.37. The van der Waals surface area contributed by atoms with Crippen molar-refractivity contribution in [2.75, 3.05) is 0 Å².